The van der Waals surface area contributed by atoms with Gasteiger partial charge >= 0.3 is 0 Å². The smallest absolute Gasteiger partial charge is 0.161 e. The van der Waals surface area contributed by atoms with Crippen LogP contribution in [-0.4, -0.2) is 35.7 Å². The van der Waals surface area contributed by atoms with Crippen LogP contribution in [0.5, 0.6) is 11.5 Å². The van der Waals surface area contributed by atoms with E-state index in [9.17, 15) is 14.7 Å². The fraction of sp³-hybridized carbons (Fsp3) is 0.429. The lowest BCUT2D eigenvalue weighted by atomic mass is 9.71. The summed E-state index contributed by atoms with van der Waals surface area (Å²) in [5, 5.41) is 9.95. The van der Waals surface area contributed by atoms with Gasteiger partial charge in [0, 0.05) is 48.3 Å². The Hall–Kier alpha value is -2.56. The highest BCUT2D eigenvalue weighted by Crippen LogP contribution is 2.49. The van der Waals surface area contributed by atoms with Gasteiger partial charge in [-0.2, -0.15) is 0 Å². The minimum atomic E-state index is -0.355. The van der Waals surface area contributed by atoms with E-state index in [1.54, 1.807) is 18.2 Å². The Kier molecular flexibility index (Phi) is 4.10. The number of nitrogens with zero attached hydrogens (tertiary/aromatic N) is 1. The van der Waals surface area contributed by atoms with Gasteiger partial charge in [0.15, 0.2) is 23.1 Å². The van der Waals surface area contributed by atoms with E-state index in [0.717, 1.165) is 53.8 Å². The van der Waals surface area contributed by atoms with Crippen LogP contribution in [0.25, 0.3) is 0 Å². The van der Waals surface area contributed by atoms with Crippen LogP contribution in [0.4, 0.5) is 0 Å². The van der Waals surface area contributed by atoms with Gasteiger partial charge in [-0.25, -0.2) is 0 Å². The van der Waals surface area contributed by atoms with E-state index in [4.69, 9.17) is 4.74 Å². The van der Waals surface area contributed by atoms with Crippen molar-refractivity contribution in [1.82, 2.24) is 4.90 Å². The fourth-order valence-corrected chi connectivity index (χ4v) is 4.56. The van der Waals surface area contributed by atoms with E-state index < -0.39 is 0 Å². The van der Waals surface area contributed by atoms with Gasteiger partial charge in [0.25, 0.3) is 0 Å². The molecule has 0 spiro atoms. The quantitative estimate of drug-likeness (QED) is 0.882. The molecule has 0 amide bonds. The van der Waals surface area contributed by atoms with Crippen molar-refractivity contribution in [3.8, 4) is 11.5 Å². The zero-order chi connectivity index (χ0) is 18.4. The average molecular weight is 353 g/mol. The molecule has 5 nitrogen and oxygen atoms in total. The number of rotatable bonds is 2. The fourth-order valence-electron chi connectivity index (χ4n) is 4.56. The maximum Gasteiger partial charge on any atom is 0.161 e. The first-order valence-corrected chi connectivity index (χ1v) is 9.16. The molecule has 3 aliphatic rings. The van der Waals surface area contributed by atoms with Crippen molar-refractivity contribution < 1.29 is 19.4 Å². The lowest BCUT2D eigenvalue weighted by molar-refractivity contribution is -0.117. The van der Waals surface area contributed by atoms with Crippen molar-refractivity contribution in [2.45, 2.75) is 44.4 Å². The van der Waals surface area contributed by atoms with Crippen molar-refractivity contribution >= 4 is 11.6 Å². The summed E-state index contributed by atoms with van der Waals surface area (Å²) in [6.45, 7) is 0. The first kappa shape index (κ1) is 16.9. The molecule has 1 aromatic carbocycles. The molecular weight excluding hydrogens is 330 g/mol. The number of ketones is 2. The molecule has 0 radical (unpaired) electrons. The number of carbonyl (C=O) groups is 2. The van der Waals surface area contributed by atoms with E-state index >= 15 is 0 Å². The summed E-state index contributed by atoms with van der Waals surface area (Å²) in [4.78, 5) is 27.8. The van der Waals surface area contributed by atoms with E-state index in [2.05, 4.69) is 4.90 Å². The Balaban J connectivity index is 1.95. The minimum Gasteiger partial charge on any atom is -0.504 e. The van der Waals surface area contributed by atoms with Crippen LogP contribution >= 0.6 is 0 Å². The molecule has 1 aromatic rings. The molecule has 0 fully saturated rings. The molecule has 2 aliphatic carbocycles. The molecule has 136 valence electrons. The Morgan fingerprint density at radius 2 is 1.58 bits per heavy atom. The molecule has 1 aliphatic heterocycles. The van der Waals surface area contributed by atoms with Gasteiger partial charge in [-0.15, -0.1) is 0 Å². The third-order valence-corrected chi connectivity index (χ3v) is 5.78. The molecule has 0 saturated heterocycles. The highest BCUT2D eigenvalue weighted by molar-refractivity contribution is 6.06. The summed E-state index contributed by atoms with van der Waals surface area (Å²) < 4.78 is 5.26. The monoisotopic (exact) mass is 353 g/mol. The van der Waals surface area contributed by atoms with Crippen LogP contribution in [0, 0.1) is 0 Å². The molecule has 0 unspecified atom stereocenters. The Bertz CT molecular complexity index is 821. The van der Waals surface area contributed by atoms with E-state index in [-0.39, 0.29) is 23.2 Å². The second kappa shape index (κ2) is 6.31. The van der Waals surface area contributed by atoms with Crippen LogP contribution in [0.2, 0.25) is 0 Å². The molecule has 1 heterocycles. The van der Waals surface area contributed by atoms with Crippen LogP contribution in [0.1, 0.15) is 50.0 Å². The minimum absolute atomic E-state index is 0.0533. The van der Waals surface area contributed by atoms with E-state index in [0.29, 0.717) is 18.6 Å². The molecule has 0 aromatic heterocycles. The number of allylic oxidation sites excluding steroid dienone is 4. The summed E-state index contributed by atoms with van der Waals surface area (Å²) >= 11 is 0. The molecule has 0 atom stereocenters. The predicted molar refractivity (Wildman–Crippen MR) is 96.9 cm³/mol. The van der Waals surface area contributed by atoms with Crippen molar-refractivity contribution in [2.75, 3.05) is 14.2 Å². The van der Waals surface area contributed by atoms with Gasteiger partial charge in [0.2, 0.25) is 0 Å². The first-order valence-electron chi connectivity index (χ1n) is 9.16. The number of methoxy groups -OCH3 is 1. The maximum absolute atomic E-state index is 12.9. The van der Waals surface area contributed by atoms with Crippen LogP contribution in [-0.2, 0) is 9.59 Å². The van der Waals surface area contributed by atoms with Gasteiger partial charge in [-0.3, -0.25) is 9.59 Å². The molecule has 4 rings (SSSR count). The standard InChI is InChI=1S/C21H23NO4/c1-22-13-5-3-7-16(24)20(13)19(21-14(22)6-4-8-17(21)25)12-9-10-15(23)18(11-12)26-2/h9-11,19,23H,3-8H2,1-2H3. The predicted octanol–water partition coefficient (Wildman–Crippen LogP) is 3.44. The number of hydrogen-bond donors (Lipinski definition) is 1. The molecule has 0 bridgehead atoms. The number of aromatic hydroxyl groups is 1. The lowest BCUT2D eigenvalue weighted by Gasteiger charge is -2.42. The van der Waals surface area contributed by atoms with Gasteiger partial charge in [0.05, 0.1) is 7.11 Å². The van der Waals surface area contributed by atoms with Crippen molar-refractivity contribution in [3.63, 3.8) is 0 Å². The van der Waals surface area contributed by atoms with Crippen molar-refractivity contribution in [2.24, 2.45) is 0 Å². The molecule has 0 saturated carbocycles. The number of benzene rings is 1. The van der Waals surface area contributed by atoms with Crippen LogP contribution in [0.3, 0.4) is 0 Å². The second-order valence-corrected chi connectivity index (χ2v) is 7.20. The average Bonchev–Trinajstić information content (AvgIpc) is 2.64. The maximum atomic E-state index is 12.9. The van der Waals surface area contributed by atoms with E-state index in [1.165, 1.54) is 7.11 Å². The molecule has 26 heavy (non-hydrogen) atoms. The van der Waals surface area contributed by atoms with Crippen molar-refractivity contribution in [3.05, 3.63) is 46.3 Å². The number of phenols is 1. The lowest BCUT2D eigenvalue weighted by Crippen LogP contribution is -2.37. The summed E-state index contributed by atoms with van der Waals surface area (Å²) in [6.07, 6.45) is 4.46. The molecule has 1 N–H and O–H groups in total. The molecular formula is C21H23NO4. The Morgan fingerprint density at radius 3 is 2.12 bits per heavy atom. The highest BCUT2D eigenvalue weighted by atomic mass is 16.5. The number of phenolic OH excluding ortho intramolecular Hbond substituents is 1. The van der Waals surface area contributed by atoms with Crippen LogP contribution < -0.4 is 4.74 Å². The van der Waals surface area contributed by atoms with Gasteiger partial charge in [-0.05, 0) is 43.4 Å². The summed E-state index contributed by atoms with van der Waals surface area (Å²) in [6, 6.07) is 5.13. The normalized spacial score (nSPS) is 21.1. The summed E-state index contributed by atoms with van der Waals surface area (Å²) in [5.41, 5.74) is 4.43. The zero-order valence-electron chi connectivity index (χ0n) is 15.2. The summed E-state index contributed by atoms with van der Waals surface area (Å²) in [7, 11) is 3.48. The third-order valence-electron chi connectivity index (χ3n) is 5.78. The van der Waals surface area contributed by atoms with E-state index in [1.807, 2.05) is 7.05 Å². The zero-order valence-corrected chi connectivity index (χ0v) is 15.2. The topological polar surface area (TPSA) is 66.8 Å². The highest BCUT2D eigenvalue weighted by Gasteiger charge is 2.42. The SMILES string of the molecule is COc1cc(C2C3=C(CCCC3=O)N(C)C3=C2C(=O)CCC3)ccc1O. The van der Waals surface area contributed by atoms with Gasteiger partial charge in [0.1, 0.15) is 0 Å². The number of ether oxygens (including phenoxy) is 1. The third kappa shape index (κ3) is 2.45. The summed E-state index contributed by atoms with van der Waals surface area (Å²) in [5.74, 6) is 0.307. The van der Waals surface area contributed by atoms with Gasteiger partial charge < -0.3 is 14.7 Å². The number of hydrogen-bond acceptors (Lipinski definition) is 5. The number of Topliss-reactive ketones (excluding diaryl/α,β-unsaturated/α-hetero) is 2. The van der Waals surface area contributed by atoms with Crippen molar-refractivity contribution in [1.29, 1.82) is 0 Å². The largest absolute Gasteiger partial charge is 0.504 e. The second-order valence-electron chi connectivity index (χ2n) is 7.20. The van der Waals surface area contributed by atoms with Crippen LogP contribution in [0.15, 0.2) is 40.7 Å². The number of carbonyl (C=O) groups excluding carboxylic acids is 2. The Labute approximate surface area is 152 Å². The molecule has 5 heteroatoms. The first-order chi connectivity index (χ1) is 12.5. The Morgan fingerprint density at radius 1 is 1.00 bits per heavy atom. The van der Waals surface area contributed by atoms with Gasteiger partial charge in [-0.1, -0.05) is 6.07 Å².